The van der Waals surface area contributed by atoms with E-state index in [-0.39, 0.29) is 11.1 Å². The number of carbonyl (C=O) groups is 1. The number of hydrogen-bond donors (Lipinski definition) is 1. The quantitative estimate of drug-likeness (QED) is 0.521. The molecule has 10 heteroatoms. The van der Waals surface area contributed by atoms with Gasteiger partial charge < -0.3 is 5.32 Å². The van der Waals surface area contributed by atoms with E-state index in [9.17, 15) is 35.5 Å². The molecule has 0 aliphatic heterocycles. The fraction of sp³-hybridized carbons (Fsp3) is 0.143. The summed E-state index contributed by atoms with van der Waals surface area (Å²) in [7, 11) is 0. The lowest BCUT2D eigenvalue weighted by Crippen LogP contribution is -2.31. The Hall–Kier alpha value is -3.43. The lowest BCUT2D eigenvalue weighted by Gasteiger charge is -2.23. The number of nitrogens with one attached hydrogen (secondary N) is 1. The molecule has 3 rings (SSSR count). The van der Waals surface area contributed by atoms with Gasteiger partial charge in [-0.05, 0) is 48.0 Å². The molecule has 31 heavy (non-hydrogen) atoms. The molecule has 0 unspecified atom stereocenters. The summed E-state index contributed by atoms with van der Waals surface area (Å²) in [6.45, 7) is 0. The minimum atomic E-state index is -4.84. The zero-order valence-electron chi connectivity index (χ0n) is 15.4. The van der Waals surface area contributed by atoms with Crippen LogP contribution in [0.4, 0.5) is 30.7 Å². The number of alkyl halides is 6. The number of pyridine rings is 1. The van der Waals surface area contributed by atoms with Gasteiger partial charge in [-0.1, -0.05) is 18.2 Å². The van der Waals surface area contributed by atoms with E-state index in [4.69, 9.17) is 0 Å². The fourth-order valence-electron chi connectivity index (χ4n) is 2.91. The Bertz CT molecular complexity index is 1080. The zero-order valence-corrected chi connectivity index (χ0v) is 15.4. The van der Waals surface area contributed by atoms with Crippen molar-refractivity contribution < 1.29 is 35.5 Å². The van der Waals surface area contributed by atoms with Crippen molar-refractivity contribution in [1.82, 2.24) is 10.3 Å². The van der Waals surface area contributed by atoms with Gasteiger partial charge in [-0.15, -0.1) is 0 Å². The van der Waals surface area contributed by atoms with Crippen LogP contribution in [0.15, 0.2) is 66.9 Å². The summed E-state index contributed by atoms with van der Waals surface area (Å²) in [6.07, 6.45) is -8.42. The maximum Gasteiger partial charge on any atom is 0.418 e. The predicted octanol–water partition coefficient (Wildman–Crippen LogP) is 5.78. The molecule has 1 N–H and O–H groups in total. The normalized spacial score (nSPS) is 13.0. The van der Waals surface area contributed by atoms with Gasteiger partial charge in [0.2, 0.25) is 0 Å². The minimum absolute atomic E-state index is 0.0676. The van der Waals surface area contributed by atoms with Crippen LogP contribution in [0.2, 0.25) is 0 Å². The van der Waals surface area contributed by atoms with Crippen LogP contribution in [0, 0.1) is 5.82 Å². The van der Waals surface area contributed by atoms with E-state index in [0.717, 1.165) is 42.6 Å². The Labute approximate surface area is 171 Å². The van der Waals surface area contributed by atoms with Gasteiger partial charge in [0.25, 0.3) is 5.91 Å². The molecule has 0 aliphatic rings. The molecule has 3 nitrogen and oxygen atoms in total. The first-order valence-corrected chi connectivity index (χ1v) is 8.72. The largest absolute Gasteiger partial charge is 0.418 e. The van der Waals surface area contributed by atoms with Gasteiger partial charge in [0.15, 0.2) is 0 Å². The highest BCUT2D eigenvalue weighted by Crippen LogP contribution is 2.36. The molecule has 0 spiro atoms. The third-order valence-corrected chi connectivity index (χ3v) is 4.35. The van der Waals surface area contributed by atoms with Crippen LogP contribution in [0.1, 0.15) is 38.8 Å². The van der Waals surface area contributed by atoms with Gasteiger partial charge >= 0.3 is 12.4 Å². The maximum atomic E-state index is 13.5. The molecule has 0 saturated carbocycles. The summed E-state index contributed by atoms with van der Waals surface area (Å²) in [5.41, 5.74) is -3.04. The van der Waals surface area contributed by atoms with Crippen molar-refractivity contribution in [3.05, 3.63) is 101 Å². The van der Waals surface area contributed by atoms with E-state index >= 15 is 0 Å². The van der Waals surface area contributed by atoms with E-state index < -0.39 is 46.9 Å². The third kappa shape index (κ3) is 5.19. The van der Waals surface area contributed by atoms with Crippen LogP contribution >= 0.6 is 0 Å². The van der Waals surface area contributed by atoms with Gasteiger partial charge in [-0.3, -0.25) is 9.78 Å². The molecule has 162 valence electrons. The Morgan fingerprint density at radius 2 is 1.55 bits per heavy atom. The summed E-state index contributed by atoms with van der Waals surface area (Å²) in [5.74, 6) is -1.67. The first kappa shape index (κ1) is 22.3. The number of carbonyl (C=O) groups excluding carboxylic acids is 1. The molecular weight excluding hydrogens is 429 g/mol. The van der Waals surface area contributed by atoms with Gasteiger partial charge in [0.1, 0.15) is 5.82 Å². The van der Waals surface area contributed by atoms with Crippen molar-refractivity contribution >= 4 is 5.91 Å². The van der Waals surface area contributed by atoms with Gasteiger partial charge in [-0.25, -0.2) is 4.39 Å². The molecular formula is C21H13F7N2O. The van der Waals surface area contributed by atoms with Crippen molar-refractivity contribution in [2.75, 3.05) is 0 Å². The second-order valence-electron chi connectivity index (χ2n) is 6.47. The number of hydrogen-bond acceptors (Lipinski definition) is 2. The summed E-state index contributed by atoms with van der Waals surface area (Å²) in [6, 6.07) is 7.95. The monoisotopic (exact) mass is 442 g/mol. The average Bonchev–Trinajstić information content (AvgIpc) is 2.71. The third-order valence-electron chi connectivity index (χ3n) is 4.35. The van der Waals surface area contributed by atoms with Gasteiger partial charge in [0, 0.05) is 11.8 Å². The molecule has 3 aromatic rings. The number of amides is 1. The maximum absolute atomic E-state index is 13.5. The Morgan fingerprint density at radius 3 is 2.13 bits per heavy atom. The molecule has 0 bridgehead atoms. The summed E-state index contributed by atoms with van der Waals surface area (Å²) in [4.78, 5) is 16.3. The smallest absolute Gasteiger partial charge is 0.340 e. The number of halogens is 7. The highest BCUT2D eigenvalue weighted by molar-refractivity contribution is 5.94. The fourth-order valence-corrected chi connectivity index (χ4v) is 2.91. The van der Waals surface area contributed by atoms with Crippen LogP contribution in [0.3, 0.4) is 0 Å². The standard InChI is InChI=1S/C21H13F7N2O/c22-15-4-1-3-13(11-15)19(31)30-17(12-6-8-14(9-7-12)20(23,24)25)18-16(21(26,27)28)5-2-10-29-18/h1-11,17H,(H,30,31)/t17-/m0/s1. The van der Waals surface area contributed by atoms with Crippen LogP contribution < -0.4 is 5.32 Å². The number of rotatable bonds is 4. The molecule has 1 aromatic heterocycles. The minimum Gasteiger partial charge on any atom is -0.340 e. The van der Waals surface area contributed by atoms with E-state index in [1.807, 2.05) is 0 Å². The van der Waals surface area contributed by atoms with Crippen LogP contribution in [-0.2, 0) is 12.4 Å². The van der Waals surface area contributed by atoms with Gasteiger partial charge in [-0.2, -0.15) is 26.3 Å². The summed E-state index contributed by atoms with van der Waals surface area (Å²) < 4.78 is 92.6. The van der Waals surface area contributed by atoms with Crippen molar-refractivity contribution in [3.63, 3.8) is 0 Å². The lowest BCUT2D eigenvalue weighted by molar-refractivity contribution is -0.139. The molecule has 0 fully saturated rings. The number of aromatic nitrogens is 1. The molecule has 1 atom stereocenters. The van der Waals surface area contributed by atoms with Crippen molar-refractivity contribution in [3.8, 4) is 0 Å². The number of nitrogens with zero attached hydrogens (tertiary/aromatic N) is 1. The van der Waals surface area contributed by atoms with Crippen molar-refractivity contribution in [2.45, 2.75) is 18.4 Å². The van der Waals surface area contributed by atoms with E-state index in [0.29, 0.717) is 12.1 Å². The van der Waals surface area contributed by atoms with E-state index in [1.54, 1.807) is 0 Å². The molecule has 0 saturated heterocycles. The first-order valence-electron chi connectivity index (χ1n) is 8.72. The second-order valence-corrected chi connectivity index (χ2v) is 6.47. The zero-order chi connectivity index (χ0) is 22.8. The molecule has 1 heterocycles. The SMILES string of the molecule is O=C(N[C@@H](c1ccc(C(F)(F)F)cc1)c1ncccc1C(F)(F)F)c1cccc(F)c1. The van der Waals surface area contributed by atoms with Crippen LogP contribution in [0.5, 0.6) is 0 Å². The summed E-state index contributed by atoms with van der Waals surface area (Å²) >= 11 is 0. The molecule has 1 amide bonds. The highest BCUT2D eigenvalue weighted by Gasteiger charge is 2.37. The predicted molar refractivity (Wildman–Crippen MR) is 96.4 cm³/mol. The Morgan fingerprint density at radius 1 is 0.871 bits per heavy atom. The van der Waals surface area contributed by atoms with Crippen LogP contribution in [-0.4, -0.2) is 10.9 Å². The van der Waals surface area contributed by atoms with Crippen molar-refractivity contribution in [1.29, 1.82) is 0 Å². The molecule has 0 radical (unpaired) electrons. The second kappa shape index (κ2) is 8.37. The van der Waals surface area contributed by atoms with Gasteiger partial charge in [0.05, 0.1) is 22.9 Å². The van der Waals surface area contributed by atoms with E-state index in [2.05, 4.69) is 10.3 Å². The summed E-state index contributed by atoms with van der Waals surface area (Å²) in [5, 5.41) is 2.31. The van der Waals surface area contributed by atoms with Crippen LogP contribution in [0.25, 0.3) is 0 Å². The van der Waals surface area contributed by atoms with Crippen molar-refractivity contribution in [2.24, 2.45) is 0 Å². The lowest BCUT2D eigenvalue weighted by atomic mass is 9.97. The first-order chi connectivity index (χ1) is 14.5. The molecule has 0 aliphatic carbocycles. The Kier molecular flexibility index (Phi) is 6.01. The highest BCUT2D eigenvalue weighted by atomic mass is 19.4. The van der Waals surface area contributed by atoms with E-state index in [1.165, 1.54) is 12.1 Å². The topological polar surface area (TPSA) is 42.0 Å². The Balaban J connectivity index is 2.08. The number of benzene rings is 2. The molecule has 2 aromatic carbocycles. The average molecular weight is 442 g/mol.